The van der Waals surface area contributed by atoms with Crippen LogP contribution in [0, 0.1) is 0 Å². The number of hydrogen-bond acceptors (Lipinski definition) is 7. The number of hydrogen-bond donors (Lipinski definition) is 3. The van der Waals surface area contributed by atoms with Crippen LogP contribution in [0.2, 0.25) is 5.02 Å². The number of benzene rings is 2. The average molecular weight is 392 g/mol. The summed E-state index contributed by atoms with van der Waals surface area (Å²) in [6.07, 6.45) is 0. The third-order valence-electron chi connectivity index (χ3n) is 2.75. The molecular formula is C12H10ClN3O6S2. The quantitative estimate of drug-likeness (QED) is 0.410. The Balaban J connectivity index is 2.52. The summed E-state index contributed by atoms with van der Waals surface area (Å²) in [6.45, 7) is 0. The monoisotopic (exact) mass is 391 g/mol. The van der Waals surface area contributed by atoms with Crippen LogP contribution in [0.1, 0.15) is 0 Å². The first kappa shape index (κ1) is 18.3. The molecule has 2 aromatic carbocycles. The Hall–Kier alpha value is -2.05. The van der Waals surface area contributed by atoms with E-state index < -0.39 is 30.0 Å². The molecule has 0 aliphatic carbocycles. The van der Waals surface area contributed by atoms with Gasteiger partial charge in [0.15, 0.2) is 0 Å². The fraction of sp³-hybridized carbons (Fsp3) is 0. The number of nitrogens with two attached hydrogens (primary N) is 1. The lowest BCUT2D eigenvalue weighted by molar-refractivity contribution is 0.481. The van der Waals surface area contributed by atoms with E-state index >= 15 is 0 Å². The number of anilines is 1. The van der Waals surface area contributed by atoms with E-state index in [1.165, 1.54) is 18.2 Å². The van der Waals surface area contributed by atoms with E-state index in [0.717, 1.165) is 18.2 Å². The van der Waals surface area contributed by atoms with Gasteiger partial charge in [0.25, 0.3) is 20.2 Å². The molecule has 0 radical (unpaired) electrons. The van der Waals surface area contributed by atoms with Gasteiger partial charge in [-0.3, -0.25) is 9.11 Å². The van der Waals surface area contributed by atoms with Crippen molar-refractivity contribution >= 4 is 48.9 Å². The van der Waals surface area contributed by atoms with Crippen LogP contribution in [0.15, 0.2) is 56.4 Å². The van der Waals surface area contributed by atoms with Crippen LogP contribution in [-0.4, -0.2) is 25.9 Å². The minimum atomic E-state index is -4.56. The molecule has 0 saturated carbocycles. The number of nitrogens with zero attached hydrogens (tertiary/aromatic N) is 2. The molecule has 0 aliphatic heterocycles. The second-order valence-electron chi connectivity index (χ2n) is 4.48. The summed E-state index contributed by atoms with van der Waals surface area (Å²) in [4.78, 5) is -1.10. The van der Waals surface area contributed by atoms with Gasteiger partial charge in [0.1, 0.15) is 15.5 Å². The molecule has 0 bridgehead atoms. The van der Waals surface area contributed by atoms with Crippen LogP contribution in [0.5, 0.6) is 0 Å². The summed E-state index contributed by atoms with van der Waals surface area (Å²) < 4.78 is 63.1. The van der Waals surface area contributed by atoms with Gasteiger partial charge in [0.05, 0.1) is 11.4 Å². The first-order valence-corrected chi connectivity index (χ1v) is 9.30. The molecule has 0 aromatic heterocycles. The largest absolute Gasteiger partial charge is 0.398 e. The minimum absolute atomic E-state index is 0.0295. The van der Waals surface area contributed by atoms with E-state index in [4.69, 9.17) is 26.4 Å². The highest BCUT2D eigenvalue weighted by atomic mass is 35.5. The Labute approximate surface area is 142 Å². The van der Waals surface area contributed by atoms with Gasteiger partial charge in [0, 0.05) is 5.02 Å². The zero-order valence-corrected chi connectivity index (χ0v) is 14.0. The van der Waals surface area contributed by atoms with Gasteiger partial charge >= 0.3 is 0 Å². The second-order valence-corrected chi connectivity index (χ2v) is 7.70. The smallest absolute Gasteiger partial charge is 0.296 e. The van der Waals surface area contributed by atoms with Crippen LogP contribution in [0.4, 0.5) is 17.1 Å². The SMILES string of the molecule is Nc1ccc(N=Nc2cc(Cl)ccc2S(=O)(=O)O)cc1S(=O)(=O)O. The van der Waals surface area contributed by atoms with Gasteiger partial charge in [-0.05, 0) is 36.4 Å². The summed E-state index contributed by atoms with van der Waals surface area (Å²) in [6, 6.07) is 6.85. The van der Waals surface area contributed by atoms with Gasteiger partial charge in [-0.25, -0.2) is 0 Å². The highest BCUT2D eigenvalue weighted by Crippen LogP contribution is 2.30. The number of rotatable bonds is 4. The zero-order valence-electron chi connectivity index (χ0n) is 11.7. The first-order chi connectivity index (χ1) is 11.0. The number of nitrogen functional groups attached to an aromatic ring is 1. The average Bonchev–Trinajstić information content (AvgIpc) is 2.44. The molecule has 0 fully saturated rings. The number of halogens is 1. The third-order valence-corrected chi connectivity index (χ3v) is 4.79. The van der Waals surface area contributed by atoms with E-state index in [0.29, 0.717) is 0 Å². The van der Waals surface area contributed by atoms with Crippen molar-refractivity contribution in [3.05, 3.63) is 41.4 Å². The molecule has 0 atom stereocenters. The maximum atomic E-state index is 11.3. The van der Waals surface area contributed by atoms with E-state index in [1.807, 2.05) is 0 Å². The predicted octanol–water partition coefficient (Wildman–Crippen LogP) is 2.83. The Morgan fingerprint density at radius 3 is 2.08 bits per heavy atom. The van der Waals surface area contributed by atoms with Crippen LogP contribution >= 0.6 is 11.6 Å². The molecule has 12 heteroatoms. The summed E-state index contributed by atoms with van der Waals surface area (Å²) >= 11 is 5.75. The topological polar surface area (TPSA) is 159 Å². The molecule has 0 heterocycles. The van der Waals surface area contributed by atoms with Crippen LogP contribution in [0.3, 0.4) is 0 Å². The summed E-state index contributed by atoms with van der Waals surface area (Å²) in [5.41, 5.74) is 4.96. The van der Waals surface area contributed by atoms with Crippen LogP contribution < -0.4 is 5.73 Å². The lowest BCUT2D eigenvalue weighted by Gasteiger charge is -2.04. The summed E-state index contributed by atoms with van der Waals surface area (Å²) in [5, 5.41) is 7.45. The second kappa shape index (κ2) is 6.45. The highest BCUT2D eigenvalue weighted by Gasteiger charge is 2.17. The van der Waals surface area contributed by atoms with Gasteiger partial charge < -0.3 is 5.73 Å². The van der Waals surface area contributed by atoms with Crippen LogP contribution in [0.25, 0.3) is 0 Å². The van der Waals surface area contributed by atoms with E-state index in [1.54, 1.807) is 0 Å². The lowest BCUT2D eigenvalue weighted by atomic mass is 10.3. The van der Waals surface area contributed by atoms with E-state index in [-0.39, 0.29) is 22.1 Å². The maximum absolute atomic E-state index is 11.3. The molecule has 0 spiro atoms. The molecule has 2 rings (SSSR count). The summed E-state index contributed by atoms with van der Waals surface area (Å²) in [7, 11) is -9.12. The Morgan fingerprint density at radius 1 is 0.875 bits per heavy atom. The fourth-order valence-corrected chi connectivity index (χ4v) is 3.11. The lowest BCUT2D eigenvalue weighted by Crippen LogP contribution is -2.02. The molecule has 0 aliphatic rings. The molecule has 24 heavy (non-hydrogen) atoms. The van der Waals surface area contributed by atoms with E-state index in [2.05, 4.69) is 10.2 Å². The van der Waals surface area contributed by atoms with E-state index in [9.17, 15) is 16.8 Å². The standard InChI is InChI=1S/C12H10ClN3O6S2/c13-7-1-4-11(23(17,18)19)10(5-7)16-15-8-2-3-9(14)12(6-8)24(20,21)22/h1-6H,14H2,(H,17,18,19)(H,20,21,22). The molecule has 0 unspecified atom stereocenters. The molecule has 0 amide bonds. The van der Waals surface area contributed by atoms with Crippen molar-refractivity contribution in [3.63, 3.8) is 0 Å². The number of azo groups is 1. The maximum Gasteiger partial charge on any atom is 0.296 e. The van der Waals surface area contributed by atoms with Crippen molar-refractivity contribution in [2.24, 2.45) is 10.2 Å². The van der Waals surface area contributed by atoms with Crippen molar-refractivity contribution in [2.75, 3.05) is 5.73 Å². The van der Waals surface area contributed by atoms with Crippen molar-refractivity contribution < 1.29 is 25.9 Å². The molecule has 2 aromatic rings. The Kier molecular flexibility index (Phi) is 4.92. The molecule has 4 N–H and O–H groups in total. The molecule has 0 saturated heterocycles. The van der Waals surface area contributed by atoms with Crippen molar-refractivity contribution in [3.8, 4) is 0 Å². The van der Waals surface area contributed by atoms with Crippen LogP contribution in [-0.2, 0) is 20.2 Å². The third kappa shape index (κ3) is 4.27. The molecule has 128 valence electrons. The van der Waals surface area contributed by atoms with Gasteiger partial charge in [-0.2, -0.15) is 21.9 Å². The summed E-state index contributed by atoms with van der Waals surface area (Å²) in [5.74, 6) is 0. The van der Waals surface area contributed by atoms with Crippen molar-refractivity contribution in [2.45, 2.75) is 9.79 Å². The molecular weight excluding hydrogens is 382 g/mol. The Bertz CT molecular complexity index is 1030. The van der Waals surface area contributed by atoms with Gasteiger partial charge in [-0.15, -0.1) is 5.11 Å². The molecule has 9 nitrogen and oxygen atoms in total. The van der Waals surface area contributed by atoms with Crippen molar-refractivity contribution in [1.29, 1.82) is 0 Å². The van der Waals surface area contributed by atoms with Gasteiger partial charge in [0.2, 0.25) is 0 Å². The van der Waals surface area contributed by atoms with Gasteiger partial charge in [-0.1, -0.05) is 11.6 Å². The predicted molar refractivity (Wildman–Crippen MR) is 86.1 cm³/mol. The Morgan fingerprint density at radius 2 is 1.50 bits per heavy atom. The minimum Gasteiger partial charge on any atom is -0.398 e. The highest BCUT2D eigenvalue weighted by molar-refractivity contribution is 7.86. The zero-order chi connectivity index (χ0) is 18.1. The normalized spacial score (nSPS) is 12.6. The first-order valence-electron chi connectivity index (χ1n) is 6.04. The van der Waals surface area contributed by atoms with Crippen molar-refractivity contribution in [1.82, 2.24) is 0 Å². The fourth-order valence-electron chi connectivity index (χ4n) is 1.71.